The van der Waals surface area contributed by atoms with E-state index in [2.05, 4.69) is 4.98 Å². The molecular weight excluding hydrogens is 165 g/mol. The molecule has 1 aromatic rings. The van der Waals surface area contributed by atoms with E-state index in [1.807, 2.05) is 18.2 Å². The number of aromatic nitrogens is 1. The van der Waals surface area contributed by atoms with E-state index in [0.29, 0.717) is 0 Å². The molecule has 0 spiro atoms. The van der Waals surface area contributed by atoms with E-state index in [4.69, 9.17) is 0 Å². The molecule has 8 heavy (non-hydrogen) atoms. The van der Waals surface area contributed by atoms with Crippen LogP contribution in [0.1, 0.15) is 0 Å². The molecule has 0 fully saturated rings. The second kappa shape index (κ2) is 7.01. The number of nitrogens with zero attached hydrogens (tertiary/aromatic N) is 1. The molecule has 0 unspecified atom stereocenters. The van der Waals surface area contributed by atoms with Crippen LogP contribution < -0.4 is 0 Å². The summed E-state index contributed by atoms with van der Waals surface area (Å²) in [6.45, 7) is 0. The van der Waals surface area contributed by atoms with Crippen molar-refractivity contribution in [1.29, 1.82) is 0 Å². The van der Waals surface area contributed by atoms with Crippen molar-refractivity contribution < 1.29 is 16.8 Å². The van der Waals surface area contributed by atoms with Gasteiger partial charge in [-0.2, -0.15) is 0 Å². The SMILES string of the molecule is [Co].[SH-].c1ccncc1. The third-order valence-electron chi connectivity index (χ3n) is 0.566. The molecule has 0 N–H and O–H groups in total. The predicted molar refractivity (Wildman–Crippen MR) is 33.0 cm³/mol. The molecule has 0 atom stereocenters. The van der Waals surface area contributed by atoms with Gasteiger partial charge in [-0.3, -0.25) is 4.98 Å². The maximum Gasteiger partial charge on any atom is 0.0267 e. The number of thiol groups is 1. The van der Waals surface area contributed by atoms with E-state index in [1.165, 1.54) is 0 Å². The third-order valence-corrected chi connectivity index (χ3v) is 0.566. The number of rotatable bonds is 0. The van der Waals surface area contributed by atoms with E-state index in [1.54, 1.807) is 12.4 Å². The minimum absolute atomic E-state index is 0. The zero-order valence-corrected chi connectivity index (χ0v) is 6.05. The molecule has 1 rings (SSSR count). The van der Waals surface area contributed by atoms with Gasteiger partial charge in [-0.15, -0.1) is 0 Å². The summed E-state index contributed by atoms with van der Waals surface area (Å²) in [5.74, 6) is 0. The van der Waals surface area contributed by atoms with E-state index < -0.39 is 0 Å². The Morgan fingerprint density at radius 3 is 1.50 bits per heavy atom. The largest absolute Gasteiger partial charge is 0.813 e. The van der Waals surface area contributed by atoms with Gasteiger partial charge in [-0.05, 0) is 12.1 Å². The van der Waals surface area contributed by atoms with Crippen molar-refractivity contribution in [3.63, 3.8) is 0 Å². The summed E-state index contributed by atoms with van der Waals surface area (Å²) >= 11 is 0. The van der Waals surface area contributed by atoms with Gasteiger partial charge in [-0.1, -0.05) is 6.07 Å². The van der Waals surface area contributed by atoms with Crippen LogP contribution in [0.3, 0.4) is 0 Å². The van der Waals surface area contributed by atoms with Gasteiger partial charge in [0.05, 0.1) is 0 Å². The van der Waals surface area contributed by atoms with Crippen LogP contribution in [0, 0.1) is 0 Å². The van der Waals surface area contributed by atoms with Crippen molar-refractivity contribution in [2.45, 2.75) is 0 Å². The minimum Gasteiger partial charge on any atom is -0.813 e. The molecule has 1 nitrogen and oxygen atoms in total. The van der Waals surface area contributed by atoms with Crippen molar-refractivity contribution in [3.8, 4) is 0 Å². The number of hydrogen-bond donors (Lipinski definition) is 0. The van der Waals surface area contributed by atoms with Crippen LogP contribution in [-0.4, -0.2) is 4.98 Å². The summed E-state index contributed by atoms with van der Waals surface area (Å²) in [5, 5.41) is 0. The Morgan fingerprint density at radius 2 is 1.38 bits per heavy atom. The zero-order chi connectivity index (χ0) is 4.24. The second-order valence-electron chi connectivity index (χ2n) is 1.02. The average molecular weight is 171 g/mol. The van der Waals surface area contributed by atoms with Gasteiger partial charge < -0.3 is 13.5 Å². The number of pyridine rings is 1. The van der Waals surface area contributed by atoms with Crippen LogP contribution in [-0.2, 0) is 30.3 Å². The van der Waals surface area contributed by atoms with Gasteiger partial charge in [0.1, 0.15) is 0 Å². The van der Waals surface area contributed by atoms with Crippen LogP contribution in [0.2, 0.25) is 0 Å². The molecule has 0 aliphatic rings. The maximum atomic E-state index is 3.78. The first-order valence-electron chi connectivity index (χ1n) is 1.85. The van der Waals surface area contributed by atoms with Crippen molar-refractivity contribution in [1.82, 2.24) is 4.98 Å². The number of hydrogen-bond acceptors (Lipinski definition) is 2. The fourth-order valence-corrected chi connectivity index (χ4v) is 0.313. The fraction of sp³-hybridized carbons (Fsp3) is 0. The van der Waals surface area contributed by atoms with Gasteiger partial charge in [-0.25, -0.2) is 0 Å². The predicted octanol–water partition coefficient (Wildman–Crippen LogP) is 0.809. The van der Waals surface area contributed by atoms with Crippen molar-refractivity contribution in [2.24, 2.45) is 0 Å². The second-order valence-corrected chi connectivity index (χ2v) is 1.02. The first-order chi connectivity index (χ1) is 3.00. The Morgan fingerprint density at radius 1 is 0.875 bits per heavy atom. The van der Waals surface area contributed by atoms with Gasteiger partial charge in [0.25, 0.3) is 0 Å². The zero-order valence-electron chi connectivity index (χ0n) is 4.11. The third kappa shape index (κ3) is 4.17. The monoisotopic (exact) mass is 171 g/mol. The van der Waals surface area contributed by atoms with Crippen LogP contribution in [0.4, 0.5) is 0 Å². The van der Waals surface area contributed by atoms with Crippen LogP contribution in [0.5, 0.6) is 0 Å². The first-order valence-corrected chi connectivity index (χ1v) is 1.85. The van der Waals surface area contributed by atoms with Crippen LogP contribution in [0.15, 0.2) is 30.6 Å². The van der Waals surface area contributed by atoms with E-state index >= 15 is 0 Å². The molecule has 0 aliphatic carbocycles. The van der Waals surface area contributed by atoms with Gasteiger partial charge in [0.2, 0.25) is 0 Å². The van der Waals surface area contributed by atoms with Gasteiger partial charge in [0.15, 0.2) is 0 Å². The fourth-order valence-electron chi connectivity index (χ4n) is 0.313. The topological polar surface area (TPSA) is 12.9 Å². The normalized spacial score (nSPS) is 6.00. The Bertz CT molecular complexity index is 84.4. The summed E-state index contributed by atoms with van der Waals surface area (Å²) in [6.07, 6.45) is 3.50. The van der Waals surface area contributed by atoms with Crippen molar-refractivity contribution in [3.05, 3.63) is 30.6 Å². The summed E-state index contributed by atoms with van der Waals surface area (Å²) in [7, 11) is 0. The molecular formula is C5H6CoNS-. The van der Waals surface area contributed by atoms with Crippen molar-refractivity contribution >= 4 is 13.5 Å². The molecule has 1 aromatic heterocycles. The minimum atomic E-state index is 0. The molecule has 0 aliphatic heterocycles. The van der Waals surface area contributed by atoms with E-state index in [-0.39, 0.29) is 30.3 Å². The average Bonchev–Trinajstić information content (AvgIpc) is 1.72. The molecule has 47 valence electrons. The van der Waals surface area contributed by atoms with E-state index in [0.717, 1.165) is 0 Å². The quantitative estimate of drug-likeness (QED) is 0.423. The molecule has 0 saturated heterocycles. The molecule has 1 radical (unpaired) electrons. The summed E-state index contributed by atoms with van der Waals surface area (Å²) in [4.78, 5) is 3.78. The molecule has 0 bridgehead atoms. The maximum absolute atomic E-state index is 3.78. The van der Waals surface area contributed by atoms with Crippen LogP contribution in [0.25, 0.3) is 0 Å². The molecule has 0 aromatic carbocycles. The molecule has 0 saturated carbocycles. The van der Waals surface area contributed by atoms with Gasteiger partial charge >= 0.3 is 0 Å². The van der Waals surface area contributed by atoms with E-state index in [9.17, 15) is 0 Å². The smallest absolute Gasteiger partial charge is 0.0267 e. The van der Waals surface area contributed by atoms with Gasteiger partial charge in [0, 0.05) is 29.2 Å². The molecule has 3 heteroatoms. The standard InChI is InChI=1S/C5H5N.Co.H2S/c1-2-4-6-5-3-1;;/h1-5H;;1H2/p-1. The van der Waals surface area contributed by atoms with Crippen molar-refractivity contribution in [2.75, 3.05) is 0 Å². The first kappa shape index (κ1) is 10.9. The Labute approximate surface area is 66.2 Å². The Hall–Kier alpha value is 0.00649. The molecule has 1 heterocycles. The summed E-state index contributed by atoms with van der Waals surface area (Å²) < 4.78 is 0. The Kier molecular flexibility index (Phi) is 9.54. The summed E-state index contributed by atoms with van der Waals surface area (Å²) in [5.41, 5.74) is 0. The summed E-state index contributed by atoms with van der Waals surface area (Å²) in [6, 6.07) is 5.72. The van der Waals surface area contributed by atoms with Crippen LogP contribution >= 0.6 is 0 Å². The molecule has 0 amide bonds. The Balaban J connectivity index is 0.